The molecule has 20 heavy (non-hydrogen) atoms. The molecule has 1 aromatic rings. The molecular formula is C15H22BrNO3. The molecule has 0 aliphatic carbocycles. The van der Waals surface area contributed by atoms with Crippen LogP contribution in [-0.2, 0) is 4.79 Å². The lowest BCUT2D eigenvalue weighted by Gasteiger charge is -2.24. The monoisotopic (exact) mass is 343 g/mol. The second kappa shape index (κ2) is 7.64. The second-order valence-electron chi connectivity index (χ2n) is 4.63. The lowest BCUT2D eigenvalue weighted by molar-refractivity contribution is -0.137. The highest BCUT2D eigenvalue weighted by atomic mass is 79.9. The van der Waals surface area contributed by atoms with Crippen LogP contribution >= 0.6 is 15.9 Å². The van der Waals surface area contributed by atoms with Crippen LogP contribution in [0.15, 0.2) is 22.7 Å². The van der Waals surface area contributed by atoms with Crippen LogP contribution in [0.4, 0.5) is 0 Å². The van der Waals surface area contributed by atoms with Crippen LogP contribution in [-0.4, -0.2) is 35.1 Å². The number of amides is 1. The van der Waals surface area contributed by atoms with Crippen molar-refractivity contribution in [1.29, 1.82) is 0 Å². The molecule has 0 aliphatic rings. The van der Waals surface area contributed by atoms with Gasteiger partial charge in [-0.1, -0.05) is 22.0 Å². The third kappa shape index (κ3) is 4.21. The minimum Gasteiger partial charge on any atom is -0.480 e. The number of aliphatic hydroxyl groups excluding tert-OH is 1. The van der Waals surface area contributed by atoms with E-state index < -0.39 is 12.2 Å². The third-order valence-electron chi connectivity index (χ3n) is 3.15. The molecule has 1 aromatic carbocycles. The molecule has 1 N–H and O–H groups in total. The van der Waals surface area contributed by atoms with E-state index in [0.717, 1.165) is 4.47 Å². The number of rotatable bonds is 6. The summed E-state index contributed by atoms with van der Waals surface area (Å²) in [5.74, 6) is 0.480. The number of benzene rings is 1. The van der Waals surface area contributed by atoms with E-state index in [1.165, 1.54) is 0 Å². The summed E-state index contributed by atoms with van der Waals surface area (Å²) in [6, 6.07) is 5.40. The van der Waals surface area contributed by atoms with Crippen LogP contribution in [0, 0.1) is 0 Å². The van der Waals surface area contributed by atoms with Gasteiger partial charge in [-0.3, -0.25) is 4.79 Å². The Kier molecular flexibility index (Phi) is 6.49. The predicted molar refractivity (Wildman–Crippen MR) is 82.8 cm³/mol. The smallest absolute Gasteiger partial charge is 0.263 e. The molecule has 0 aromatic heterocycles. The van der Waals surface area contributed by atoms with Gasteiger partial charge in [-0.05, 0) is 39.8 Å². The molecule has 0 radical (unpaired) electrons. The summed E-state index contributed by atoms with van der Waals surface area (Å²) in [5.41, 5.74) is 0.674. The average molecular weight is 344 g/mol. The highest BCUT2D eigenvalue weighted by Crippen LogP contribution is 2.29. The molecule has 0 aliphatic heterocycles. The normalized spacial score (nSPS) is 13.7. The van der Waals surface area contributed by atoms with Gasteiger partial charge in [0.05, 0.1) is 6.10 Å². The van der Waals surface area contributed by atoms with E-state index >= 15 is 0 Å². The largest absolute Gasteiger partial charge is 0.480 e. The fourth-order valence-corrected chi connectivity index (χ4v) is 2.33. The summed E-state index contributed by atoms with van der Waals surface area (Å²) in [6.07, 6.45) is -1.23. The van der Waals surface area contributed by atoms with E-state index in [0.29, 0.717) is 24.4 Å². The van der Waals surface area contributed by atoms with Gasteiger partial charge in [0, 0.05) is 23.1 Å². The summed E-state index contributed by atoms with van der Waals surface area (Å²) in [7, 11) is 0. The van der Waals surface area contributed by atoms with Gasteiger partial charge in [-0.15, -0.1) is 0 Å². The van der Waals surface area contributed by atoms with Crippen LogP contribution in [0.5, 0.6) is 5.75 Å². The lowest BCUT2D eigenvalue weighted by Crippen LogP contribution is -2.40. The number of carbonyl (C=O) groups is 1. The van der Waals surface area contributed by atoms with E-state index in [2.05, 4.69) is 15.9 Å². The number of ether oxygens (including phenoxy) is 1. The lowest BCUT2D eigenvalue weighted by atomic mass is 10.1. The van der Waals surface area contributed by atoms with Crippen molar-refractivity contribution in [3.05, 3.63) is 28.2 Å². The molecule has 0 bridgehead atoms. The van der Waals surface area contributed by atoms with Gasteiger partial charge in [0.1, 0.15) is 5.75 Å². The fourth-order valence-electron chi connectivity index (χ4n) is 1.99. The number of halogens is 1. The molecule has 0 spiro atoms. The second-order valence-corrected chi connectivity index (χ2v) is 5.54. The molecule has 1 amide bonds. The van der Waals surface area contributed by atoms with Crippen molar-refractivity contribution in [2.45, 2.75) is 39.9 Å². The molecule has 1 rings (SSSR count). The number of carbonyl (C=O) groups excluding carboxylic acids is 1. The summed E-state index contributed by atoms with van der Waals surface area (Å²) in [4.78, 5) is 13.9. The van der Waals surface area contributed by atoms with Gasteiger partial charge in [-0.25, -0.2) is 0 Å². The third-order valence-corrected chi connectivity index (χ3v) is 3.65. The molecule has 4 nitrogen and oxygen atoms in total. The van der Waals surface area contributed by atoms with Crippen LogP contribution in [0.3, 0.4) is 0 Å². The number of aliphatic hydroxyl groups is 1. The Morgan fingerprint density at radius 3 is 2.45 bits per heavy atom. The number of hydrogen-bond acceptors (Lipinski definition) is 3. The molecular weight excluding hydrogens is 322 g/mol. The van der Waals surface area contributed by atoms with Crippen molar-refractivity contribution in [1.82, 2.24) is 4.90 Å². The molecule has 0 heterocycles. The first-order chi connectivity index (χ1) is 9.40. The molecule has 1 unspecified atom stereocenters. The van der Waals surface area contributed by atoms with E-state index in [-0.39, 0.29) is 5.91 Å². The summed E-state index contributed by atoms with van der Waals surface area (Å²) in [6.45, 7) is 8.60. The van der Waals surface area contributed by atoms with Gasteiger partial charge in [-0.2, -0.15) is 0 Å². The maximum atomic E-state index is 12.2. The standard InChI is InChI=1S/C15H22BrNO3/c1-5-17(6-2)15(19)11(4)20-14-9-12(16)7-8-13(14)10(3)18/h7-11,18H,5-6H2,1-4H3/t10-,11?/m1/s1. The predicted octanol–water partition coefficient (Wildman–Crippen LogP) is 3.14. The summed E-state index contributed by atoms with van der Waals surface area (Å²) in [5, 5.41) is 9.76. The maximum absolute atomic E-state index is 12.2. The first-order valence-corrected chi connectivity index (χ1v) is 7.62. The number of nitrogens with zero attached hydrogens (tertiary/aromatic N) is 1. The Balaban J connectivity index is 2.92. The molecule has 0 saturated carbocycles. The van der Waals surface area contributed by atoms with E-state index in [4.69, 9.17) is 4.74 Å². The first-order valence-electron chi connectivity index (χ1n) is 6.83. The van der Waals surface area contributed by atoms with Crippen molar-refractivity contribution in [3.63, 3.8) is 0 Å². The Bertz CT molecular complexity index is 458. The van der Waals surface area contributed by atoms with E-state index in [1.807, 2.05) is 19.9 Å². The van der Waals surface area contributed by atoms with Crippen molar-refractivity contribution in [3.8, 4) is 5.75 Å². The highest BCUT2D eigenvalue weighted by molar-refractivity contribution is 9.10. The van der Waals surface area contributed by atoms with Crippen LogP contribution < -0.4 is 4.74 Å². The highest BCUT2D eigenvalue weighted by Gasteiger charge is 2.21. The van der Waals surface area contributed by atoms with Crippen molar-refractivity contribution in [2.24, 2.45) is 0 Å². The molecule has 0 saturated heterocycles. The molecule has 0 fully saturated rings. The Morgan fingerprint density at radius 1 is 1.35 bits per heavy atom. The molecule has 2 atom stereocenters. The summed E-state index contributed by atoms with van der Waals surface area (Å²) >= 11 is 3.37. The first kappa shape index (κ1) is 17.0. The van der Waals surface area contributed by atoms with Gasteiger partial charge >= 0.3 is 0 Å². The van der Waals surface area contributed by atoms with Crippen molar-refractivity contribution >= 4 is 21.8 Å². The van der Waals surface area contributed by atoms with Gasteiger partial charge < -0.3 is 14.7 Å². The SMILES string of the molecule is CCN(CC)C(=O)C(C)Oc1cc(Br)ccc1[C@@H](C)O. The number of hydrogen-bond donors (Lipinski definition) is 1. The Morgan fingerprint density at radius 2 is 1.95 bits per heavy atom. The minimum absolute atomic E-state index is 0.0495. The molecule has 5 heteroatoms. The van der Waals surface area contributed by atoms with Crippen LogP contribution in [0.1, 0.15) is 39.4 Å². The maximum Gasteiger partial charge on any atom is 0.263 e. The zero-order valence-corrected chi connectivity index (χ0v) is 14.0. The Hall–Kier alpha value is -1.07. The molecule has 112 valence electrons. The topological polar surface area (TPSA) is 49.8 Å². The summed E-state index contributed by atoms with van der Waals surface area (Å²) < 4.78 is 6.60. The average Bonchev–Trinajstić information content (AvgIpc) is 2.39. The number of likely N-dealkylation sites (N-methyl/N-ethyl adjacent to an activating group) is 1. The van der Waals surface area contributed by atoms with Crippen molar-refractivity contribution in [2.75, 3.05) is 13.1 Å². The zero-order chi connectivity index (χ0) is 15.3. The van der Waals surface area contributed by atoms with Gasteiger partial charge in [0.2, 0.25) is 0 Å². The van der Waals surface area contributed by atoms with E-state index in [9.17, 15) is 9.90 Å². The van der Waals surface area contributed by atoms with Crippen molar-refractivity contribution < 1.29 is 14.6 Å². The van der Waals surface area contributed by atoms with E-state index in [1.54, 1.807) is 30.9 Å². The van der Waals surface area contributed by atoms with Gasteiger partial charge in [0.15, 0.2) is 6.10 Å². The Labute approximate surface area is 128 Å². The van der Waals surface area contributed by atoms with Gasteiger partial charge in [0.25, 0.3) is 5.91 Å². The quantitative estimate of drug-likeness (QED) is 0.863. The minimum atomic E-state index is -0.645. The van der Waals surface area contributed by atoms with Crippen LogP contribution in [0.2, 0.25) is 0 Å². The van der Waals surface area contributed by atoms with Crippen LogP contribution in [0.25, 0.3) is 0 Å². The zero-order valence-electron chi connectivity index (χ0n) is 12.4. The fraction of sp³-hybridized carbons (Fsp3) is 0.533.